The van der Waals surface area contributed by atoms with Crippen LogP contribution in [0.25, 0.3) is 0 Å². The number of aliphatic carboxylic acids is 1. The smallest absolute Gasteiger partial charge is 0.305 e. The lowest BCUT2D eigenvalue weighted by atomic mass is 10.1. The molecule has 1 aliphatic heterocycles. The predicted octanol–water partition coefficient (Wildman–Crippen LogP) is 1.71. The Hall–Kier alpha value is -1.11. The normalized spacial score (nSPS) is 21.1. The fraction of sp³-hybridized carbons (Fsp3) is 0.818. The molecule has 2 rings (SSSR count). The summed E-state index contributed by atoms with van der Waals surface area (Å²) in [5, 5.41) is 20.8. The van der Waals surface area contributed by atoms with Crippen LogP contribution in [-0.4, -0.2) is 42.8 Å². The SMILES string of the molecule is CCCC(CC(=O)O)n1nnnc1C1CCSC1. The van der Waals surface area contributed by atoms with Crippen molar-refractivity contribution in [1.82, 2.24) is 20.2 Å². The van der Waals surface area contributed by atoms with Crippen LogP contribution in [0.15, 0.2) is 0 Å². The standard InChI is InChI=1S/C11H18N4O2S/c1-2-3-9(6-10(16)17)15-11(12-13-14-15)8-4-5-18-7-8/h8-9H,2-7H2,1H3,(H,16,17). The van der Waals surface area contributed by atoms with Crippen LogP contribution < -0.4 is 0 Å². The van der Waals surface area contributed by atoms with E-state index in [1.54, 1.807) is 4.68 Å². The number of hydrogen-bond donors (Lipinski definition) is 1. The number of thioether (sulfide) groups is 1. The Labute approximate surface area is 110 Å². The molecule has 0 saturated carbocycles. The Morgan fingerprint density at radius 2 is 2.50 bits per heavy atom. The molecular weight excluding hydrogens is 252 g/mol. The molecule has 0 amide bonds. The Kier molecular flexibility index (Phi) is 4.57. The van der Waals surface area contributed by atoms with E-state index in [-0.39, 0.29) is 12.5 Å². The van der Waals surface area contributed by atoms with Crippen LogP contribution in [-0.2, 0) is 4.79 Å². The second-order valence-electron chi connectivity index (χ2n) is 4.58. The van der Waals surface area contributed by atoms with Gasteiger partial charge in [-0.2, -0.15) is 11.8 Å². The van der Waals surface area contributed by atoms with Gasteiger partial charge in [0.25, 0.3) is 0 Å². The molecule has 18 heavy (non-hydrogen) atoms. The van der Waals surface area contributed by atoms with E-state index in [9.17, 15) is 4.79 Å². The first-order chi connectivity index (χ1) is 8.72. The average molecular weight is 270 g/mol. The molecule has 2 heterocycles. The van der Waals surface area contributed by atoms with Gasteiger partial charge in [0.1, 0.15) is 0 Å². The van der Waals surface area contributed by atoms with Gasteiger partial charge in [-0.15, -0.1) is 5.10 Å². The molecule has 1 aromatic heterocycles. The monoisotopic (exact) mass is 270 g/mol. The van der Waals surface area contributed by atoms with E-state index in [1.807, 2.05) is 18.7 Å². The molecule has 1 saturated heterocycles. The van der Waals surface area contributed by atoms with Crippen molar-refractivity contribution < 1.29 is 9.90 Å². The molecule has 7 heteroatoms. The molecule has 2 atom stereocenters. The maximum absolute atomic E-state index is 10.9. The van der Waals surface area contributed by atoms with E-state index in [4.69, 9.17) is 5.11 Å². The fourth-order valence-electron chi connectivity index (χ4n) is 2.31. The first-order valence-corrected chi connectivity index (χ1v) is 7.45. The Morgan fingerprint density at radius 1 is 1.67 bits per heavy atom. The van der Waals surface area contributed by atoms with Crippen molar-refractivity contribution in [3.63, 3.8) is 0 Å². The van der Waals surface area contributed by atoms with Gasteiger partial charge >= 0.3 is 5.97 Å². The molecule has 1 N–H and O–H groups in total. The molecule has 2 unspecified atom stereocenters. The van der Waals surface area contributed by atoms with Crippen molar-refractivity contribution >= 4 is 17.7 Å². The summed E-state index contributed by atoms with van der Waals surface area (Å²) in [7, 11) is 0. The first kappa shape index (κ1) is 13.3. The van der Waals surface area contributed by atoms with Crippen molar-refractivity contribution in [1.29, 1.82) is 0 Å². The molecule has 0 aliphatic carbocycles. The molecule has 1 aromatic rings. The highest BCUT2D eigenvalue weighted by molar-refractivity contribution is 7.99. The number of carbonyl (C=O) groups is 1. The molecule has 1 fully saturated rings. The minimum Gasteiger partial charge on any atom is -0.481 e. The van der Waals surface area contributed by atoms with Crippen molar-refractivity contribution in [2.75, 3.05) is 11.5 Å². The Morgan fingerprint density at radius 3 is 3.11 bits per heavy atom. The minimum atomic E-state index is -0.796. The molecule has 6 nitrogen and oxygen atoms in total. The highest BCUT2D eigenvalue weighted by Crippen LogP contribution is 2.32. The number of aromatic nitrogens is 4. The lowest BCUT2D eigenvalue weighted by Gasteiger charge is -2.17. The maximum atomic E-state index is 10.9. The molecule has 100 valence electrons. The quantitative estimate of drug-likeness (QED) is 0.847. The molecule has 0 radical (unpaired) electrons. The third-order valence-corrected chi connectivity index (χ3v) is 4.35. The van der Waals surface area contributed by atoms with E-state index in [0.29, 0.717) is 5.92 Å². The van der Waals surface area contributed by atoms with Gasteiger partial charge in [-0.05, 0) is 29.0 Å². The summed E-state index contributed by atoms with van der Waals surface area (Å²) in [6.45, 7) is 2.05. The zero-order chi connectivity index (χ0) is 13.0. The van der Waals surface area contributed by atoms with Gasteiger partial charge < -0.3 is 5.11 Å². The Balaban J connectivity index is 2.18. The number of rotatable bonds is 6. The summed E-state index contributed by atoms with van der Waals surface area (Å²) in [6.07, 6.45) is 2.89. The van der Waals surface area contributed by atoms with Crippen LogP contribution in [0.2, 0.25) is 0 Å². The van der Waals surface area contributed by atoms with Crippen LogP contribution >= 0.6 is 11.8 Å². The van der Waals surface area contributed by atoms with Crippen LogP contribution in [0.5, 0.6) is 0 Å². The number of hydrogen-bond acceptors (Lipinski definition) is 5. The van der Waals surface area contributed by atoms with E-state index in [2.05, 4.69) is 15.5 Å². The van der Waals surface area contributed by atoms with E-state index in [1.165, 1.54) is 0 Å². The average Bonchev–Trinajstić information content (AvgIpc) is 2.98. The molecule has 0 aromatic carbocycles. The summed E-state index contributed by atoms with van der Waals surface area (Å²) >= 11 is 1.90. The summed E-state index contributed by atoms with van der Waals surface area (Å²) < 4.78 is 1.74. The molecule has 1 aliphatic rings. The van der Waals surface area contributed by atoms with Gasteiger partial charge in [0.2, 0.25) is 0 Å². The highest BCUT2D eigenvalue weighted by atomic mass is 32.2. The minimum absolute atomic E-state index is 0.0890. The zero-order valence-corrected chi connectivity index (χ0v) is 11.3. The summed E-state index contributed by atoms with van der Waals surface area (Å²) in [4.78, 5) is 10.9. The van der Waals surface area contributed by atoms with Crippen LogP contribution in [0.1, 0.15) is 50.4 Å². The summed E-state index contributed by atoms with van der Waals surface area (Å²) in [6, 6.07) is -0.122. The molecular formula is C11H18N4O2S. The number of carboxylic acids is 1. The Bertz CT molecular complexity index is 404. The van der Waals surface area contributed by atoms with Gasteiger partial charge in [-0.1, -0.05) is 13.3 Å². The molecule has 0 spiro atoms. The van der Waals surface area contributed by atoms with Gasteiger partial charge in [0, 0.05) is 11.7 Å². The van der Waals surface area contributed by atoms with Crippen molar-refractivity contribution in [3.8, 4) is 0 Å². The van der Waals surface area contributed by atoms with Crippen LogP contribution in [0.3, 0.4) is 0 Å². The van der Waals surface area contributed by atoms with E-state index >= 15 is 0 Å². The van der Waals surface area contributed by atoms with Gasteiger partial charge in [0.05, 0.1) is 12.5 Å². The van der Waals surface area contributed by atoms with Gasteiger partial charge in [-0.25, -0.2) is 4.68 Å². The van der Waals surface area contributed by atoms with Crippen molar-refractivity contribution in [3.05, 3.63) is 5.82 Å². The van der Waals surface area contributed by atoms with Gasteiger partial charge in [0.15, 0.2) is 5.82 Å². The second kappa shape index (κ2) is 6.17. The second-order valence-corrected chi connectivity index (χ2v) is 5.73. The summed E-state index contributed by atoms with van der Waals surface area (Å²) in [5.74, 6) is 2.61. The van der Waals surface area contributed by atoms with Crippen molar-refractivity contribution in [2.45, 2.75) is 44.6 Å². The van der Waals surface area contributed by atoms with Crippen molar-refractivity contribution in [2.24, 2.45) is 0 Å². The maximum Gasteiger partial charge on any atom is 0.305 e. The van der Waals surface area contributed by atoms with Gasteiger partial charge in [-0.3, -0.25) is 4.79 Å². The van der Waals surface area contributed by atoms with Crippen LogP contribution in [0.4, 0.5) is 0 Å². The summed E-state index contributed by atoms with van der Waals surface area (Å²) in [5.41, 5.74) is 0. The third kappa shape index (κ3) is 3.01. The third-order valence-electron chi connectivity index (χ3n) is 3.19. The predicted molar refractivity (Wildman–Crippen MR) is 68.7 cm³/mol. The van der Waals surface area contributed by atoms with E-state index in [0.717, 1.165) is 36.6 Å². The largest absolute Gasteiger partial charge is 0.481 e. The number of tetrazole rings is 1. The highest BCUT2D eigenvalue weighted by Gasteiger charge is 2.27. The fourth-order valence-corrected chi connectivity index (χ4v) is 3.53. The number of carboxylic acid groups (broad SMARTS) is 1. The van der Waals surface area contributed by atoms with E-state index < -0.39 is 5.97 Å². The number of nitrogens with zero attached hydrogens (tertiary/aromatic N) is 4. The first-order valence-electron chi connectivity index (χ1n) is 6.29. The lowest BCUT2D eigenvalue weighted by molar-refractivity contribution is -0.138. The van der Waals surface area contributed by atoms with Crippen LogP contribution in [0, 0.1) is 0 Å². The molecule has 0 bridgehead atoms. The lowest BCUT2D eigenvalue weighted by Crippen LogP contribution is -2.19. The topological polar surface area (TPSA) is 80.9 Å². The zero-order valence-electron chi connectivity index (χ0n) is 10.4.